The largest absolute Gasteiger partial charge is 0.484 e. The van der Waals surface area contributed by atoms with Gasteiger partial charge in [-0.15, -0.1) is 0 Å². The number of nitrogens with one attached hydrogen (secondary N) is 2. The van der Waals surface area contributed by atoms with E-state index in [1.165, 1.54) is 18.2 Å². The van der Waals surface area contributed by atoms with Crippen molar-refractivity contribution in [3.05, 3.63) is 59.7 Å². The molecule has 9 heteroatoms. The van der Waals surface area contributed by atoms with Crippen LogP contribution >= 0.6 is 0 Å². The van der Waals surface area contributed by atoms with E-state index in [2.05, 4.69) is 15.4 Å². The van der Waals surface area contributed by atoms with Crippen molar-refractivity contribution in [2.75, 3.05) is 11.9 Å². The first kappa shape index (κ1) is 23.1. The normalized spacial score (nSPS) is 11.5. The van der Waals surface area contributed by atoms with Crippen molar-refractivity contribution in [1.82, 2.24) is 5.32 Å². The van der Waals surface area contributed by atoms with Gasteiger partial charge in [-0.05, 0) is 56.7 Å². The van der Waals surface area contributed by atoms with Crippen molar-refractivity contribution in [3.63, 3.8) is 0 Å². The highest BCUT2D eigenvalue weighted by Crippen LogP contribution is 2.19. The number of rotatable bonds is 6. The zero-order valence-electron chi connectivity index (χ0n) is 16.8. The summed E-state index contributed by atoms with van der Waals surface area (Å²) in [5.74, 6) is -0.288. The Labute approximate surface area is 172 Å². The Morgan fingerprint density at radius 3 is 2.27 bits per heavy atom. The van der Waals surface area contributed by atoms with Gasteiger partial charge in [-0.3, -0.25) is 10.1 Å². The van der Waals surface area contributed by atoms with E-state index < -0.39 is 24.5 Å². The molecule has 162 valence electrons. The minimum Gasteiger partial charge on any atom is -0.484 e. The molecule has 0 bridgehead atoms. The summed E-state index contributed by atoms with van der Waals surface area (Å²) in [6.45, 7) is 4.03. The van der Waals surface area contributed by atoms with Crippen molar-refractivity contribution in [2.24, 2.45) is 0 Å². The van der Waals surface area contributed by atoms with Crippen LogP contribution in [0.5, 0.6) is 5.75 Å². The van der Waals surface area contributed by atoms with Gasteiger partial charge in [0.15, 0.2) is 6.61 Å². The summed E-state index contributed by atoms with van der Waals surface area (Å²) in [6.07, 6.45) is -5.03. The molecule has 2 rings (SSSR count). The standard InChI is InChI=1S/C21H23F3N2O4/c1-20(2,3)30-19(28)26-16-6-4-5-15(11-16)18(27)25-12-14-7-9-17(10-8-14)29-13-21(22,23)24/h4-11H,12-13H2,1-3H3,(H,25,27)(H,26,28). The average molecular weight is 424 g/mol. The molecule has 2 N–H and O–H groups in total. The summed E-state index contributed by atoms with van der Waals surface area (Å²) in [7, 11) is 0. The number of carbonyl (C=O) groups excluding carboxylic acids is 2. The third-order valence-corrected chi connectivity index (χ3v) is 3.55. The fourth-order valence-corrected chi connectivity index (χ4v) is 2.31. The molecule has 6 nitrogen and oxygen atoms in total. The van der Waals surface area contributed by atoms with Crippen LogP contribution in [-0.2, 0) is 11.3 Å². The minimum atomic E-state index is -4.40. The molecule has 0 radical (unpaired) electrons. The number of ether oxygens (including phenoxy) is 2. The van der Waals surface area contributed by atoms with Crippen LogP contribution in [0.2, 0.25) is 0 Å². The molecule has 0 spiro atoms. The predicted octanol–water partition coefficient (Wildman–Crippen LogP) is 4.90. The van der Waals surface area contributed by atoms with Crippen LogP contribution in [-0.4, -0.2) is 30.4 Å². The quantitative estimate of drug-likeness (QED) is 0.691. The van der Waals surface area contributed by atoms with Gasteiger partial charge in [-0.1, -0.05) is 18.2 Å². The Morgan fingerprint density at radius 1 is 1.00 bits per heavy atom. The van der Waals surface area contributed by atoms with Crippen molar-refractivity contribution < 1.29 is 32.2 Å². The Kier molecular flexibility index (Phi) is 7.31. The monoisotopic (exact) mass is 424 g/mol. The molecule has 0 aliphatic carbocycles. The number of carbonyl (C=O) groups is 2. The van der Waals surface area contributed by atoms with Crippen LogP contribution in [0.1, 0.15) is 36.7 Å². The van der Waals surface area contributed by atoms with Gasteiger partial charge in [0, 0.05) is 17.8 Å². The van der Waals surface area contributed by atoms with Crippen LogP contribution in [0.25, 0.3) is 0 Å². The summed E-state index contributed by atoms with van der Waals surface area (Å²) >= 11 is 0. The topological polar surface area (TPSA) is 76.7 Å². The molecule has 0 aromatic heterocycles. The molecule has 0 aliphatic heterocycles. The highest BCUT2D eigenvalue weighted by molar-refractivity contribution is 5.96. The molecule has 2 aromatic rings. The van der Waals surface area contributed by atoms with E-state index in [0.29, 0.717) is 16.8 Å². The first-order valence-corrected chi connectivity index (χ1v) is 9.08. The molecule has 0 aliphatic rings. The first-order valence-electron chi connectivity index (χ1n) is 9.08. The molecular weight excluding hydrogens is 401 g/mol. The Balaban J connectivity index is 1.90. The number of amides is 2. The fraction of sp³-hybridized carbons (Fsp3) is 0.333. The molecule has 0 saturated carbocycles. The van der Waals surface area contributed by atoms with Gasteiger partial charge in [-0.2, -0.15) is 13.2 Å². The molecule has 0 heterocycles. The van der Waals surface area contributed by atoms with Gasteiger partial charge in [0.05, 0.1) is 0 Å². The molecule has 0 unspecified atom stereocenters. The molecule has 2 amide bonds. The highest BCUT2D eigenvalue weighted by atomic mass is 19.4. The van der Waals surface area contributed by atoms with Crippen molar-refractivity contribution in [3.8, 4) is 5.75 Å². The molecule has 0 saturated heterocycles. The van der Waals surface area contributed by atoms with E-state index >= 15 is 0 Å². The van der Waals surface area contributed by atoms with Crippen LogP contribution in [0.3, 0.4) is 0 Å². The van der Waals surface area contributed by atoms with Crippen LogP contribution in [0.4, 0.5) is 23.7 Å². The smallest absolute Gasteiger partial charge is 0.422 e. The maximum absolute atomic E-state index is 12.4. The summed E-state index contributed by atoms with van der Waals surface area (Å²) in [5.41, 5.74) is 0.773. The SMILES string of the molecule is CC(C)(C)OC(=O)Nc1cccc(C(=O)NCc2ccc(OCC(F)(F)F)cc2)c1. The maximum atomic E-state index is 12.4. The summed E-state index contributed by atoms with van der Waals surface area (Å²) in [4.78, 5) is 24.2. The number of hydrogen-bond donors (Lipinski definition) is 2. The van der Waals surface area contributed by atoms with Crippen molar-refractivity contribution in [2.45, 2.75) is 39.1 Å². The number of alkyl halides is 3. The Morgan fingerprint density at radius 2 is 1.67 bits per heavy atom. The van der Waals surface area contributed by atoms with Crippen LogP contribution in [0.15, 0.2) is 48.5 Å². The highest BCUT2D eigenvalue weighted by Gasteiger charge is 2.28. The van der Waals surface area contributed by atoms with Crippen LogP contribution < -0.4 is 15.4 Å². The average Bonchev–Trinajstić information content (AvgIpc) is 2.63. The lowest BCUT2D eigenvalue weighted by atomic mass is 10.1. The minimum absolute atomic E-state index is 0.0864. The van der Waals surface area contributed by atoms with E-state index in [9.17, 15) is 22.8 Å². The van der Waals surface area contributed by atoms with Gasteiger partial charge in [-0.25, -0.2) is 4.79 Å². The summed E-state index contributed by atoms with van der Waals surface area (Å²) < 4.78 is 46.3. The molecule has 2 aromatic carbocycles. The van der Waals surface area contributed by atoms with E-state index in [0.717, 1.165) is 0 Å². The van der Waals surface area contributed by atoms with Gasteiger partial charge in [0.1, 0.15) is 11.4 Å². The van der Waals surface area contributed by atoms with Gasteiger partial charge < -0.3 is 14.8 Å². The van der Waals surface area contributed by atoms with Gasteiger partial charge in [0.2, 0.25) is 0 Å². The fourth-order valence-electron chi connectivity index (χ4n) is 2.31. The number of benzene rings is 2. The lowest BCUT2D eigenvalue weighted by Gasteiger charge is -2.19. The van der Waals surface area contributed by atoms with E-state index in [4.69, 9.17) is 4.74 Å². The van der Waals surface area contributed by atoms with E-state index in [1.54, 1.807) is 51.1 Å². The van der Waals surface area contributed by atoms with Crippen LogP contribution in [0, 0.1) is 0 Å². The molecule has 0 fully saturated rings. The molecule has 0 atom stereocenters. The lowest BCUT2D eigenvalue weighted by molar-refractivity contribution is -0.153. The number of halogens is 3. The number of hydrogen-bond acceptors (Lipinski definition) is 4. The summed E-state index contributed by atoms with van der Waals surface area (Å²) in [6, 6.07) is 12.3. The Bertz CT molecular complexity index is 875. The first-order chi connectivity index (χ1) is 13.9. The zero-order valence-corrected chi connectivity index (χ0v) is 16.8. The third-order valence-electron chi connectivity index (χ3n) is 3.55. The Hall–Kier alpha value is -3.23. The van der Waals surface area contributed by atoms with Gasteiger partial charge in [0.25, 0.3) is 5.91 Å². The lowest BCUT2D eigenvalue weighted by Crippen LogP contribution is -2.27. The number of anilines is 1. The maximum Gasteiger partial charge on any atom is 0.422 e. The summed E-state index contributed by atoms with van der Waals surface area (Å²) in [5, 5.41) is 5.27. The molecule has 30 heavy (non-hydrogen) atoms. The predicted molar refractivity (Wildman–Crippen MR) is 105 cm³/mol. The zero-order chi connectivity index (χ0) is 22.4. The van der Waals surface area contributed by atoms with E-state index in [-0.39, 0.29) is 18.2 Å². The second kappa shape index (κ2) is 9.51. The second-order valence-corrected chi connectivity index (χ2v) is 7.44. The second-order valence-electron chi connectivity index (χ2n) is 7.44. The molecular formula is C21H23F3N2O4. The van der Waals surface area contributed by atoms with Crippen molar-refractivity contribution in [1.29, 1.82) is 0 Å². The van der Waals surface area contributed by atoms with E-state index in [1.807, 2.05) is 0 Å². The van der Waals surface area contributed by atoms with Gasteiger partial charge >= 0.3 is 12.3 Å². The third kappa shape index (κ3) is 8.42. The van der Waals surface area contributed by atoms with Crippen molar-refractivity contribution >= 4 is 17.7 Å².